The van der Waals surface area contributed by atoms with Gasteiger partial charge in [-0.3, -0.25) is 9.78 Å². The second-order valence-electron chi connectivity index (χ2n) is 7.10. The minimum absolute atomic E-state index is 0.148. The Balaban J connectivity index is 1.63. The van der Waals surface area contributed by atoms with Crippen molar-refractivity contribution in [1.82, 2.24) is 14.9 Å². The molecule has 27 heavy (non-hydrogen) atoms. The zero-order chi connectivity index (χ0) is 19.0. The average Bonchev–Trinajstić information content (AvgIpc) is 3.00. The molecular formula is C21H23N3O3. The smallest absolute Gasteiger partial charge is 0.268 e. The number of nitrogens with zero attached hydrogens (tertiary/aromatic N) is 2. The van der Waals surface area contributed by atoms with Gasteiger partial charge < -0.3 is 19.7 Å². The van der Waals surface area contributed by atoms with Gasteiger partial charge in [0.15, 0.2) is 0 Å². The molecule has 1 unspecified atom stereocenters. The number of methoxy groups -OCH3 is 1. The molecule has 0 saturated heterocycles. The Morgan fingerprint density at radius 2 is 2.11 bits per heavy atom. The molecule has 2 aromatic heterocycles. The lowest BCUT2D eigenvalue weighted by Crippen LogP contribution is -2.42. The monoisotopic (exact) mass is 365 g/mol. The Hall–Kier alpha value is -2.86. The number of hydrogen-bond donors (Lipinski definition) is 2. The van der Waals surface area contributed by atoms with Crippen LogP contribution < -0.4 is 10.1 Å². The molecule has 1 aromatic carbocycles. The van der Waals surface area contributed by atoms with Gasteiger partial charge in [0, 0.05) is 24.7 Å². The molecule has 0 spiro atoms. The summed E-state index contributed by atoms with van der Waals surface area (Å²) in [5, 5.41) is 13.8. The number of aromatic nitrogens is 2. The van der Waals surface area contributed by atoms with E-state index in [-0.39, 0.29) is 24.0 Å². The SMILES string of the molecule is COc1ccc2cc(C(=O)NC(c3ccccn3)C3CC(O)C3)n(C)c2c1. The Labute approximate surface area is 157 Å². The molecule has 2 N–H and O–H groups in total. The molecular weight excluding hydrogens is 342 g/mol. The Kier molecular flexibility index (Phi) is 4.58. The molecule has 0 aliphatic heterocycles. The van der Waals surface area contributed by atoms with Crippen LogP contribution in [0.1, 0.15) is 35.1 Å². The summed E-state index contributed by atoms with van der Waals surface area (Å²) in [5.41, 5.74) is 2.34. The molecule has 1 aliphatic carbocycles. The van der Waals surface area contributed by atoms with Crippen LogP contribution in [-0.4, -0.2) is 33.8 Å². The molecule has 1 saturated carbocycles. The maximum absolute atomic E-state index is 13.0. The maximum atomic E-state index is 13.0. The quantitative estimate of drug-likeness (QED) is 0.729. The van der Waals surface area contributed by atoms with Crippen LogP contribution in [0.3, 0.4) is 0 Å². The number of benzene rings is 1. The van der Waals surface area contributed by atoms with Gasteiger partial charge in [0.1, 0.15) is 11.4 Å². The Bertz CT molecular complexity index is 961. The predicted molar refractivity (Wildman–Crippen MR) is 103 cm³/mol. The lowest BCUT2D eigenvalue weighted by atomic mass is 9.76. The highest BCUT2D eigenvalue weighted by Gasteiger charge is 2.36. The summed E-state index contributed by atoms with van der Waals surface area (Å²) in [6, 6.07) is 13.1. The molecule has 1 amide bonds. The number of amides is 1. The topological polar surface area (TPSA) is 76.4 Å². The number of hydrogen-bond acceptors (Lipinski definition) is 4. The van der Waals surface area contributed by atoms with Crippen molar-refractivity contribution in [2.24, 2.45) is 13.0 Å². The van der Waals surface area contributed by atoms with Gasteiger partial charge >= 0.3 is 0 Å². The Morgan fingerprint density at radius 3 is 2.78 bits per heavy atom. The van der Waals surface area contributed by atoms with Crippen LogP contribution in [0.2, 0.25) is 0 Å². The van der Waals surface area contributed by atoms with E-state index in [1.165, 1.54) is 0 Å². The molecule has 0 bridgehead atoms. The fourth-order valence-electron chi connectivity index (χ4n) is 3.77. The number of aliphatic hydroxyl groups excluding tert-OH is 1. The van der Waals surface area contributed by atoms with Gasteiger partial charge in [-0.2, -0.15) is 0 Å². The van der Waals surface area contributed by atoms with Crippen molar-refractivity contribution in [2.75, 3.05) is 7.11 Å². The third-order valence-electron chi connectivity index (χ3n) is 5.40. The number of carbonyl (C=O) groups excluding carboxylic acids is 1. The normalized spacial score (nSPS) is 20.1. The van der Waals surface area contributed by atoms with Crippen LogP contribution in [0, 0.1) is 5.92 Å². The summed E-state index contributed by atoms with van der Waals surface area (Å²) in [4.78, 5) is 17.5. The summed E-state index contributed by atoms with van der Waals surface area (Å²) >= 11 is 0. The van der Waals surface area contributed by atoms with E-state index in [0.29, 0.717) is 18.5 Å². The standard InChI is InChI=1S/C21H23N3O3/c1-24-18-12-16(27-2)7-6-13(18)11-19(24)21(26)23-20(14-9-15(25)10-14)17-5-3-4-8-22-17/h3-8,11-12,14-15,20,25H,9-10H2,1-2H3,(H,23,26). The number of ether oxygens (including phenoxy) is 1. The van der Waals surface area contributed by atoms with Crippen molar-refractivity contribution < 1.29 is 14.6 Å². The maximum Gasteiger partial charge on any atom is 0.268 e. The fourth-order valence-corrected chi connectivity index (χ4v) is 3.77. The number of aliphatic hydroxyl groups is 1. The van der Waals surface area contributed by atoms with E-state index in [2.05, 4.69) is 10.3 Å². The van der Waals surface area contributed by atoms with Crippen molar-refractivity contribution in [1.29, 1.82) is 0 Å². The van der Waals surface area contributed by atoms with E-state index in [4.69, 9.17) is 4.74 Å². The van der Waals surface area contributed by atoms with E-state index >= 15 is 0 Å². The summed E-state index contributed by atoms with van der Waals surface area (Å²) in [6.07, 6.45) is 2.79. The first kappa shape index (κ1) is 17.5. The van der Waals surface area contributed by atoms with Gasteiger partial charge in [0.05, 0.1) is 30.5 Å². The third kappa shape index (κ3) is 3.28. The molecule has 6 heteroatoms. The fraction of sp³-hybridized carbons (Fsp3) is 0.333. The summed E-state index contributed by atoms with van der Waals surface area (Å²) < 4.78 is 7.16. The van der Waals surface area contributed by atoms with Crippen LogP contribution >= 0.6 is 0 Å². The second kappa shape index (κ2) is 7.04. The van der Waals surface area contributed by atoms with Gasteiger partial charge in [-0.25, -0.2) is 0 Å². The van der Waals surface area contributed by atoms with Gasteiger partial charge in [-0.1, -0.05) is 6.07 Å². The average molecular weight is 365 g/mol. The zero-order valence-electron chi connectivity index (χ0n) is 15.4. The molecule has 1 aliphatic rings. The lowest BCUT2D eigenvalue weighted by molar-refractivity contribution is 0.0227. The molecule has 1 atom stereocenters. The Morgan fingerprint density at radius 1 is 1.30 bits per heavy atom. The van der Waals surface area contributed by atoms with Crippen LogP contribution in [0.15, 0.2) is 48.7 Å². The summed E-state index contributed by atoms with van der Waals surface area (Å²) in [5.74, 6) is 0.795. The van der Waals surface area contributed by atoms with Crippen molar-refractivity contribution in [3.8, 4) is 5.75 Å². The van der Waals surface area contributed by atoms with Crippen LogP contribution in [0.4, 0.5) is 0 Å². The first-order chi connectivity index (χ1) is 13.1. The van der Waals surface area contributed by atoms with E-state index in [1.807, 2.05) is 54.1 Å². The molecule has 6 nitrogen and oxygen atoms in total. The molecule has 3 aromatic rings. The van der Waals surface area contributed by atoms with Crippen LogP contribution in [0.5, 0.6) is 5.75 Å². The van der Waals surface area contributed by atoms with Crippen molar-refractivity contribution >= 4 is 16.8 Å². The highest BCUT2D eigenvalue weighted by molar-refractivity contribution is 5.99. The van der Waals surface area contributed by atoms with Crippen molar-refractivity contribution in [2.45, 2.75) is 25.0 Å². The van der Waals surface area contributed by atoms with Crippen molar-refractivity contribution in [3.05, 3.63) is 60.0 Å². The predicted octanol–water partition coefficient (Wildman–Crippen LogP) is 2.82. The molecule has 4 rings (SSSR count). The van der Waals surface area contributed by atoms with Gasteiger partial charge in [0.2, 0.25) is 0 Å². The number of carbonyl (C=O) groups is 1. The summed E-state index contributed by atoms with van der Waals surface area (Å²) in [6.45, 7) is 0. The highest BCUT2D eigenvalue weighted by atomic mass is 16.5. The lowest BCUT2D eigenvalue weighted by Gasteiger charge is -2.37. The van der Waals surface area contributed by atoms with Crippen LogP contribution in [0.25, 0.3) is 10.9 Å². The van der Waals surface area contributed by atoms with E-state index in [9.17, 15) is 9.90 Å². The molecule has 140 valence electrons. The van der Waals surface area contributed by atoms with Gasteiger partial charge in [0.25, 0.3) is 5.91 Å². The molecule has 2 heterocycles. The summed E-state index contributed by atoms with van der Waals surface area (Å²) in [7, 11) is 3.50. The zero-order valence-corrected chi connectivity index (χ0v) is 15.4. The van der Waals surface area contributed by atoms with Crippen LogP contribution in [-0.2, 0) is 7.05 Å². The number of nitrogens with one attached hydrogen (secondary N) is 1. The third-order valence-corrected chi connectivity index (χ3v) is 5.40. The highest BCUT2D eigenvalue weighted by Crippen LogP contribution is 2.37. The number of rotatable bonds is 5. The minimum Gasteiger partial charge on any atom is -0.497 e. The van der Waals surface area contributed by atoms with Gasteiger partial charge in [-0.15, -0.1) is 0 Å². The number of fused-ring (bicyclic) bond motifs is 1. The number of pyridine rings is 1. The van der Waals surface area contributed by atoms with E-state index < -0.39 is 0 Å². The number of aryl methyl sites for hydroxylation is 1. The minimum atomic E-state index is -0.289. The second-order valence-corrected chi connectivity index (χ2v) is 7.10. The largest absolute Gasteiger partial charge is 0.497 e. The van der Waals surface area contributed by atoms with E-state index in [1.54, 1.807) is 13.3 Å². The first-order valence-electron chi connectivity index (χ1n) is 9.10. The van der Waals surface area contributed by atoms with Crippen molar-refractivity contribution in [3.63, 3.8) is 0 Å². The first-order valence-corrected chi connectivity index (χ1v) is 9.10. The molecule has 1 fully saturated rings. The van der Waals surface area contributed by atoms with E-state index in [0.717, 1.165) is 22.3 Å². The molecule has 0 radical (unpaired) electrons. The van der Waals surface area contributed by atoms with Gasteiger partial charge in [-0.05, 0) is 49.1 Å².